The van der Waals surface area contributed by atoms with Crippen molar-refractivity contribution in [1.29, 1.82) is 0 Å². The highest BCUT2D eigenvalue weighted by Crippen LogP contribution is 2.17. The number of rotatable bonds is 6. The van der Waals surface area contributed by atoms with Gasteiger partial charge in [-0.2, -0.15) is 0 Å². The zero-order valence-electron chi connectivity index (χ0n) is 18.7. The molecule has 0 saturated carbocycles. The predicted octanol–water partition coefficient (Wildman–Crippen LogP) is 3.93. The van der Waals surface area contributed by atoms with Gasteiger partial charge in [0.15, 0.2) is 0 Å². The Labute approximate surface area is 189 Å². The minimum absolute atomic E-state index is 0.00746. The predicted molar refractivity (Wildman–Crippen MR) is 127 cm³/mol. The molecule has 6 nitrogen and oxygen atoms in total. The van der Waals surface area contributed by atoms with Crippen molar-refractivity contribution in [2.75, 3.05) is 25.0 Å². The number of carbonyl (C=O) groups excluding carboxylic acids is 2. The molecule has 2 N–H and O–H groups in total. The Hall–Kier alpha value is -3.38. The number of para-hydroxylation sites is 1. The lowest BCUT2D eigenvalue weighted by Gasteiger charge is -2.31. The largest absolute Gasteiger partial charge is 0.349 e. The van der Waals surface area contributed by atoms with Crippen molar-refractivity contribution in [3.63, 3.8) is 0 Å². The molecule has 2 amide bonds. The van der Waals surface area contributed by atoms with Crippen LogP contribution in [0.1, 0.15) is 34.6 Å². The summed E-state index contributed by atoms with van der Waals surface area (Å²) in [6, 6.07) is 21.5. The van der Waals surface area contributed by atoms with Crippen molar-refractivity contribution in [3.05, 3.63) is 83.7 Å². The van der Waals surface area contributed by atoms with E-state index in [1.54, 1.807) is 0 Å². The molecule has 4 rings (SSSR count). The first-order valence-electron chi connectivity index (χ1n) is 11.1. The van der Waals surface area contributed by atoms with Crippen molar-refractivity contribution in [2.24, 2.45) is 0 Å². The van der Waals surface area contributed by atoms with E-state index in [4.69, 9.17) is 0 Å². The molecule has 2 heterocycles. The first-order chi connectivity index (χ1) is 15.5. The molecule has 1 aliphatic heterocycles. The van der Waals surface area contributed by atoms with Crippen molar-refractivity contribution >= 4 is 17.5 Å². The van der Waals surface area contributed by atoms with Crippen LogP contribution in [-0.4, -0.2) is 47.0 Å². The number of hydrogen-bond donors (Lipinski definition) is 2. The van der Waals surface area contributed by atoms with Gasteiger partial charge in [-0.3, -0.25) is 14.5 Å². The third-order valence-corrected chi connectivity index (χ3v) is 6.01. The second kappa shape index (κ2) is 9.83. The Bertz CT molecular complexity index is 1050. The Balaban J connectivity index is 1.25. The molecule has 6 heteroatoms. The normalized spacial score (nSPS) is 14.8. The summed E-state index contributed by atoms with van der Waals surface area (Å²) in [5.41, 5.74) is 4.88. The van der Waals surface area contributed by atoms with Crippen molar-refractivity contribution in [2.45, 2.75) is 32.7 Å². The van der Waals surface area contributed by atoms with Crippen LogP contribution >= 0.6 is 0 Å². The number of aromatic nitrogens is 1. The van der Waals surface area contributed by atoms with E-state index in [-0.39, 0.29) is 17.9 Å². The highest BCUT2D eigenvalue weighted by molar-refractivity contribution is 5.94. The standard InChI is InChI=1S/C26H30N4O2/c1-19-8-9-20(2)30(19)24-12-10-21(11-13-24)26(32)28-23-14-16-29(17-15-23)18-25(31)27-22-6-4-3-5-7-22/h3-13,23H,14-18H2,1-2H3,(H,27,31)(H,28,32). The second-order valence-corrected chi connectivity index (χ2v) is 8.44. The highest BCUT2D eigenvalue weighted by Gasteiger charge is 2.22. The SMILES string of the molecule is Cc1ccc(C)n1-c1ccc(C(=O)NC2CCN(CC(=O)Nc3ccccc3)CC2)cc1. The number of nitrogens with one attached hydrogen (secondary N) is 2. The molecule has 1 aromatic heterocycles. The Morgan fingerprint density at radius 2 is 1.50 bits per heavy atom. The van der Waals surface area contributed by atoms with Crippen molar-refractivity contribution < 1.29 is 9.59 Å². The number of nitrogens with zero attached hydrogens (tertiary/aromatic N) is 2. The summed E-state index contributed by atoms with van der Waals surface area (Å²) in [4.78, 5) is 27.1. The van der Waals surface area contributed by atoms with E-state index in [2.05, 4.69) is 46.1 Å². The number of aryl methyl sites for hydroxylation is 2. The minimum atomic E-state index is -0.0437. The monoisotopic (exact) mass is 430 g/mol. The molecular formula is C26H30N4O2. The summed E-state index contributed by atoms with van der Waals surface area (Å²) >= 11 is 0. The van der Waals surface area contributed by atoms with Crippen LogP contribution < -0.4 is 10.6 Å². The van der Waals surface area contributed by atoms with E-state index in [9.17, 15) is 9.59 Å². The quantitative estimate of drug-likeness (QED) is 0.623. The van der Waals surface area contributed by atoms with E-state index in [0.717, 1.165) is 37.3 Å². The molecule has 1 saturated heterocycles. The van der Waals surface area contributed by atoms with Crippen LogP contribution in [0.5, 0.6) is 0 Å². The Kier molecular flexibility index (Phi) is 6.71. The summed E-state index contributed by atoms with van der Waals surface area (Å²) < 4.78 is 2.17. The van der Waals surface area contributed by atoms with Gasteiger partial charge in [-0.05, 0) is 75.2 Å². The lowest BCUT2D eigenvalue weighted by molar-refractivity contribution is -0.117. The molecule has 0 radical (unpaired) electrons. The van der Waals surface area contributed by atoms with Crippen LogP contribution in [0.2, 0.25) is 0 Å². The second-order valence-electron chi connectivity index (χ2n) is 8.44. The van der Waals surface area contributed by atoms with E-state index in [1.165, 1.54) is 11.4 Å². The molecule has 1 fully saturated rings. The van der Waals surface area contributed by atoms with Gasteiger partial charge in [0.2, 0.25) is 5.91 Å². The molecule has 166 valence electrons. The Morgan fingerprint density at radius 1 is 0.875 bits per heavy atom. The molecule has 0 aliphatic carbocycles. The van der Waals surface area contributed by atoms with E-state index >= 15 is 0 Å². The summed E-state index contributed by atoms with van der Waals surface area (Å²) in [6.45, 7) is 6.10. The van der Waals surface area contributed by atoms with Gasteiger partial charge in [0.1, 0.15) is 0 Å². The third kappa shape index (κ3) is 5.26. The molecule has 0 bridgehead atoms. The molecule has 3 aromatic rings. The maximum absolute atomic E-state index is 12.7. The van der Waals surface area contributed by atoms with Crippen LogP contribution in [0.3, 0.4) is 0 Å². The number of piperidine rings is 1. The number of amides is 2. The van der Waals surface area contributed by atoms with Crippen molar-refractivity contribution in [1.82, 2.24) is 14.8 Å². The minimum Gasteiger partial charge on any atom is -0.349 e. The topological polar surface area (TPSA) is 66.4 Å². The fraction of sp³-hybridized carbons (Fsp3) is 0.308. The lowest BCUT2D eigenvalue weighted by Crippen LogP contribution is -2.46. The van der Waals surface area contributed by atoms with E-state index < -0.39 is 0 Å². The summed E-state index contributed by atoms with van der Waals surface area (Å²) in [5, 5.41) is 6.08. The van der Waals surface area contributed by atoms with Crippen molar-refractivity contribution in [3.8, 4) is 5.69 Å². The van der Waals surface area contributed by atoms with Gasteiger partial charge in [0, 0.05) is 47.5 Å². The van der Waals surface area contributed by atoms with Gasteiger partial charge in [0.05, 0.1) is 6.54 Å². The zero-order valence-corrected chi connectivity index (χ0v) is 18.7. The van der Waals surface area contributed by atoms with Gasteiger partial charge in [-0.15, -0.1) is 0 Å². The average Bonchev–Trinajstić information content (AvgIpc) is 3.13. The number of hydrogen-bond acceptors (Lipinski definition) is 3. The molecule has 1 aliphatic rings. The maximum atomic E-state index is 12.7. The van der Waals surface area contributed by atoms with Crippen LogP contribution in [0, 0.1) is 13.8 Å². The van der Waals surface area contributed by atoms with Gasteiger partial charge in [-0.25, -0.2) is 0 Å². The first-order valence-corrected chi connectivity index (χ1v) is 11.1. The maximum Gasteiger partial charge on any atom is 0.251 e. The molecule has 32 heavy (non-hydrogen) atoms. The fourth-order valence-electron chi connectivity index (χ4n) is 4.27. The fourth-order valence-corrected chi connectivity index (χ4v) is 4.27. The lowest BCUT2D eigenvalue weighted by atomic mass is 10.0. The van der Waals surface area contributed by atoms with Crippen LogP contribution in [0.4, 0.5) is 5.69 Å². The number of benzene rings is 2. The zero-order chi connectivity index (χ0) is 22.5. The number of likely N-dealkylation sites (tertiary alicyclic amines) is 1. The van der Waals surface area contributed by atoms with Gasteiger partial charge >= 0.3 is 0 Å². The summed E-state index contributed by atoms with van der Waals surface area (Å²) in [7, 11) is 0. The molecule has 0 spiro atoms. The number of anilines is 1. The van der Waals surface area contributed by atoms with E-state index in [1.807, 2.05) is 54.6 Å². The van der Waals surface area contributed by atoms with E-state index in [0.29, 0.717) is 12.1 Å². The van der Waals surface area contributed by atoms with Crippen LogP contribution in [0.25, 0.3) is 5.69 Å². The first kappa shape index (κ1) is 21.8. The molecule has 2 aromatic carbocycles. The van der Waals surface area contributed by atoms with Crippen LogP contribution in [-0.2, 0) is 4.79 Å². The Morgan fingerprint density at radius 3 is 2.12 bits per heavy atom. The summed E-state index contributed by atoms with van der Waals surface area (Å²) in [6.07, 6.45) is 1.67. The van der Waals surface area contributed by atoms with Gasteiger partial charge < -0.3 is 15.2 Å². The average molecular weight is 431 g/mol. The van der Waals surface area contributed by atoms with Gasteiger partial charge in [0.25, 0.3) is 5.91 Å². The smallest absolute Gasteiger partial charge is 0.251 e. The number of carbonyl (C=O) groups is 2. The third-order valence-electron chi connectivity index (χ3n) is 6.01. The molecular weight excluding hydrogens is 400 g/mol. The molecule has 0 unspecified atom stereocenters. The highest BCUT2D eigenvalue weighted by atomic mass is 16.2. The van der Waals surface area contributed by atoms with Gasteiger partial charge in [-0.1, -0.05) is 18.2 Å². The summed E-state index contributed by atoms with van der Waals surface area (Å²) in [5.74, 6) is -0.0512. The molecule has 0 atom stereocenters. The van der Waals surface area contributed by atoms with Crippen LogP contribution in [0.15, 0.2) is 66.7 Å².